The monoisotopic (exact) mass is 294 g/mol. The molecule has 1 heterocycles. The maximum absolute atomic E-state index is 12.6. The highest BCUT2D eigenvalue weighted by Gasteiger charge is 2.42. The molecule has 1 saturated heterocycles. The molecule has 2 fully saturated rings. The maximum Gasteiger partial charge on any atom is 0.247 e. The molecule has 2 unspecified atom stereocenters. The lowest BCUT2D eigenvalue weighted by Crippen LogP contribution is -2.46. The first-order chi connectivity index (χ1) is 10.1. The number of amides is 2. The first kappa shape index (κ1) is 16.5. The molecule has 1 aliphatic carbocycles. The topological polar surface area (TPSA) is 49.4 Å². The normalized spacial score (nSPS) is 26.2. The lowest BCUT2D eigenvalue weighted by Gasteiger charge is -2.26. The highest BCUT2D eigenvalue weighted by molar-refractivity contribution is 6.05. The smallest absolute Gasteiger partial charge is 0.247 e. The van der Waals surface area contributed by atoms with Crippen LogP contribution in [0.2, 0.25) is 0 Å². The van der Waals surface area contributed by atoms with E-state index in [-0.39, 0.29) is 23.9 Å². The fraction of sp³-hybridized carbons (Fsp3) is 0.882. The van der Waals surface area contributed by atoms with Crippen LogP contribution in [0, 0.1) is 0 Å². The molecular formula is C17H30N2O2. The van der Waals surface area contributed by atoms with Gasteiger partial charge in [0.25, 0.3) is 0 Å². The van der Waals surface area contributed by atoms with Crippen LogP contribution >= 0.6 is 0 Å². The van der Waals surface area contributed by atoms with Crippen molar-refractivity contribution in [2.45, 2.75) is 96.2 Å². The van der Waals surface area contributed by atoms with Crippen molar-refractivity contribution in [1.29, 1.82) is 0 Å². The van der Waals surface area contributed by atoms with Gasteiger partial charge < -0.3 is 5.32 Å². The van der Waals surface area contributed by atoms with Gasteiger partial charge in [-0.05, 0) is 26.2 Å². The zero-order valence-electron chi connectivity index (χ0n) is 13.6. The number of hydrogen-bond acceptors (Lipinski definition) is 3. The molecule has 1 aliphatic heterocycles. The molecule has 0 aromatic heterocycles. The molecule has 4 heteroatoms. The van der Waals surface area contributed by atoms with E-state index in [0.717, 1.165) is 44.9 Å². The van der Waals surface area contributed by atoms with E-state index in [1.165, 1.54) is 12.8 Å². The molecular weight excluding hydrogens is 264 g/mol. The van der Waals surface area contributed by atoms with Crippen LogP contribution in [0.15, 0.2) is 0 Å². The number of nitrogens with one attached hydrogen (secondary N) is 1. The van der Waals surface area contributed by atoms with Crippen molar-refractivity contribution in [3.63, 3.8) is 0 Å². The number of unbranched alkanes of at least 4 members (excludes halogenated alkanes) is 1. The molecule has 120 valence electrons. The summed E-state index contributed by atoms with van der Waals surface area (Å²) in [5.41, 5.74) is 0. The van der Waals surface area contributed by atoms with E-state index in [1.807, 2.05) is 0 Å². The Kier molecular flexibility index (Phi) is 6.22. The number of carbonyl (C=O) groups is 2. The van der Waals surface area contributed by atoms with Gasteiger partial charge in [-0.3, -0.25) is 14.5 Å². The summed E-state index contributed by atoms with van der Waals surface area (Å²) in [6.07, 6.45) is 10.5. The van der Waals surface area contributed by atoms with E-state index < -0.39 is 0 Å². The molecule has 0 aromatic rings. The minimum absolute atomic E-state index is 0.0234. The number of rotatable bonds is 6. The predicted octanol–water partition coefficient (Wildman–Crippen LogP) is 3.01. The highest BCUT2D eigenvalue weighted by atomic mass is 16.2. The second-order valence-corrected chi connectivity index (χ2v) is 6.71. The van der Waals surface area contributed by atoms with Crippen molar-refractivity contribution in [3.05, 3.63) is 0 Å². The minimum atomic E-state index is -0.285. The lowest BCUT2D eigenvalue weighted by atomic mass is 10.1. The van der Waals surface area contributed by atoms with Crippen LogP contribution in [-0.2, 0) is 9.59 Å². The Labute approximate surface area is 128 Å². The minimum Gasteiger partial charge on any atom is -0.303 e. The van der Waals surface area contributed by atoms with Crippen LogP contribution in [-0.4, -0.2) is 34.8 Å². The average molecular weight is 294 g/mol. The van der Waals surface area contributed by atoms with Gasteiger partial charge in [-0.2, -0.15) is 0 Å². The zero-order chi connectivity index (χ0) is 15.2. The zero-order valence-corrected chi connectivity index (χ0v) is 13.6. The average Bonchev–Trinajstić information content (AvgIpc) is 2.66. The van der Waals surface area contributed by atoms with E-state index in [2.05, 4.69) is 19.2 Å². The van der Waals surface area contributed by atoms with Crippen LogP contribution in [0.1, 0.15) is 78.1 Å². The lowest BCUT2D eigenvalue weighted by molar-refractivity contribution is -0.141. The van der Waals surface area contributed by atoms with Gasteiger partial charge >= 0.3 is 0 Å². The molecule has 1 saturated carbocycles. The highest BCUT2D eigenvalue weighted by Crippen LogP contribution is 2.26. The Morgan fingerprint density at radius 1 is 1.19 bits per heavy atom. The van der Waals surface area contributed by atoms with Crippen LogP contribution in [0.4, 0.5) is 0 Å². The number of nitrogens with zero attached hydrogens (tertiary/aromatic N) is 1. The van der Waals surface area contributed by atoms with Crippen LogP contribution in [0.25, 0.3) is 0 Å². The van der Waals surface area contributed by atoms with E-state index in [4.69, 9.17) is 0 Å². The van der Waals surface area contributed by atoms with E-state index in [1.54, 1.807) is 4.90 Å². The summed E-state index contributed by atoms with van der Waals surface area (Å²) in [6.45, 7) is 4.28. The van der Waals surface area contributed by atoms with Gasteiger partial charge in [-0.1, -0.05) is 45.4 Å². The summed E-state index contributed by atoms with van der Waals surface area (Å²) < 4.78 is 0. The Morgan fingerprint density at radius 3 is 2.48 bits per heavy atom. The Hall–Kier alpha value is -0.900. The molecule has 2 atom stereocenters. The third kappa shape index (κ3) is 4.29. The van der Waals surface area contributed by atoms with Crippen molar-refractivity contribution in [2.24, 2.45) is 0 Å². The van der Waals surface area contributed by atoms with E-state index >= 15 is 0 Å². The summed E-state index contributed by atoms with van der Waals surface area (Å²) in [6, 6.07) is 0.179. The van der Waals surface area contributed by atoms with Gasteiger partial charge in [-0.15, -0.1) is 0 Å². The second kappa shape index (κ2) is 7.92. The van der Waals surface area contributed by atoms with Crippen molar-refractivity contribution >= 4 is 11.8 Å². The molecule has 21 heavy (non-hydrogen) atoms. The maximum atomic E-state index is 12.6. The van der Waals surface area contributed by atoms with Crippen molar-refractivity contribution < 1.29 is 9.59 Å². The summed E-state index contributed by atoms with van der Waals surface area (Å²) >= 11 is 0. The van der Waals surface area contributed by atoms with Gasteiger partial charge in [0.1, 0.15) is 0 Å². The standard InChI is InChI=1S/C17H30N2O2/c1-3-4-9-13(2)18-15-12-16(20)19(17(15)21)14-10-7-5-6-8-11-14/h13-15,18H,3-12H2,1-2H3. The fourth-order valence-electron chi connectivity index (χ4n) is 3.62. The van der Waals surface area contributed by atoms with Gasteiger partial charge in [0.05, 0.1) is 12.5 Å². The molecule has 0 radical (unpaired) electrons. The van der Waals surface area contributed by atoms with Gasteiger partial charge in [0.15, 0.2) is 0 Å². The summed E-state index contributed by atoms with van der Waals surface area (Å²) in [5.74, 6) is 0.0577. The molecule has 4 nitrogen and oxygen atoms in total. The Morgan fingerprint density at radius 2 is 1.86 bits per heavy atom. The largest absolute Gasteiger partial charge is 0.303 e. The third-order valence-electron chi connectivity index (χ3n) is 4.85. The molecule has 0 bridgehead atoms. The second-order valence-electron chi connectivity index (χ2n) is 6.71. The predicted molar refractivity (Wildman–Crippen MR) is 83.9 cm³/mol. The number of likely N-dealkylation sites (tertiary alicyclic amines) is 1. The van der Waals surface area contributed by atoms with Crippen molar-refractivity contribution in [1.82, 2.24) is 10.2 Å². The van der Waals surface area contributed by atoms with Gasteiger partial charge in [0.2, 0.25) is 11.8 Å². The molecule has 2 rings (SSSR count). The Bertz CT molecular complexity index is 362. The van der Waals surface area contributed by atoms with Crippen LogP contribution in [0.3, 0.4) is 0 Å². The summed E-state index contributed by atoms with van der Waals surface area (Å²) in [4.78, 5) is 26.4. The number of carbonyl (C=O) groups excluding carboxylic acids is 2. The molecule has 0 aromatic carbocycles. The van der Waals surface area contributed by atoms with Crippen LogP contribution in [0.5, 0.6) is 0 Å². The van der Waals surface area contributed by atoms with Crippen LogP contribution < -0.4 is 5.32 Å². The molecule has 0 spiro atoms. The fourth-order valence-corrected chi connectivity index (χ4v) is 3.62. The third-order valence-corrected chi connectivity index (χ3v) is 4.85. The summed E-state index contributed by atoms with van der Waals surface area (Å²) in [5, 5.41) is 3.37. The van der Waals surface area contributed by atoms with Gasteiger partial charge in [-0.25, -0.2) is 0 Å². The first-order valence-corrected chi connectivity index (χ1v) is 8.75. The Balaban J connectivity index is 1.92. The van der Waals surface area contributed by atoms with Crippen molar-refractivity contribution in [2.75, 3.05) is 0 Å². The van der Waals surface area contributed by atoms with Gasteiger partial charge in [0, 0.05) is 12.1 Å². The SMILES string of the molecule is CCCCC(C)NC1CC(=O)N(C2CCCCCC2)C1=O. The van der Waals surface area contributed by atoms with E-state index in [0.29, 0.717) is 12.5 Å². The van der Waals surface area contributed by atoms with Crippen molar-refractivity contribution in [3.8, 4) is 0 Å². The summed E-state index contributed by atoms with van der Waals surface area (Å²) in [7, 11) is 0. The molecule has 2 aliphatic rings. The number of imide groups is 1. The molecule has 1 N–H and O–H groups in total. The van der Waals surface area contributed by atoms with E-state index in [9.17, 15) is 9.59 Å². The molecule has 2 amide bonds. The quantitative estimate of drug-likeness (QED) is 0.605. The first-order valence-electron chi connectivity index (χ1n) is 8.75. The number of hydrogen-bond donors (Lipinski definition) is 1.